The number of terminal acetylenes is 2. The summed E-state index contributed by atoms with van der Waals surface area (Å²) in [6, 6.07) is 50.5. The van der Waals surface area contributed by atoms with Crippen LogP contribution in [0.5, 0.6) is 5.75 Å². The topological polar surface area (TPSA) is 547 Å². The first-order valence-corrected chi connectivity index (χ1v) is 49.0. The van der Waals surface area contributed by atoms with E-state index in [-0.39, 0.29) is 32.5 Å². The highest BCUT2D eigenvalue weighted by molar-refractivity contribution is 7.84. The normalized spacial score (nSPS) is 26.4. The van der Waals surface area contributed by atoms with E-state index in [1.54, 1.807) is 65.0 Å². The first-order valence-electron chi connectivity index (χ1n) is 46.5. The zero-order valence-electron chi connectivity index (χ0n) is 82.8. The Morgan fingerprint density at radius 2 is 0.728 bits per heavy atom. The van der Waals surface area contributed by atoms with Gasteiger partial charge in [-0.25, -0.2) is 28.8 Å². The Morgan fingerprint density at radius 1 is 0.429 bits per heavy atom. The van der Waals surface area contributed by atoms with E-state index >= 15 is 0 Å². The van der Waals surface area contributed by atoms with Crippen LogP contribution in [0, 0.1) is 60.2 Å². The number of H-pyrrole nitrogens is 4. The summed E-state index contributed by atoms with van der Waals surface area (Å²) in [7, 11) is 0. The van der Waals surface area contributed by atoms with Crippen molar-refractivity contribution in [1.82, 2.24) is 43.3 Å². The van der Waals surface area contributed by atoms with Crippen molar-refractivity contribution in [3.8, 4) is 66.0 Å². The average molecular weight is 2070 g/mol. The molecule has 147 heavy (non-hydrogen) atoms. The molecule has 5 fully saturated rings. The monoisotopic (exact) mass is 2070 g/mol. The number of halogens is 1. The highest BCUT2D eigenvalue weighted by Crippen LogP contribution is 2.50. The zero-order chi connectivity index (χ0) is 108. The third kappa shape index (κ3) is 30.3. The van der Waals surface area contributed by atoms with Gasteiger partial charge in [-0.05, 0) is 102 Å². The number of hydrogen-bond acceptors (Lipinski definition) is 32. The summed E-state index contributed by atoms with van der Waals surface area (Å²) >= 11 is 5.76. The van der Waals surface area contributed by atoms with Crippen molar-refractivity contribution >= 4 is 42.0 Å². The Balaban J connectivity index is 0.000000198. The van der Waals surface area contributed by atoms with Gasteiger partial charge in [-0.15, -0.1) is 30.6 Å². The highest BCUT2D eigenvalue weighted by Gasteiger charge is 2.61. The third-order valence-corrected chi connectivity index (χ3v) is 24.9. The number of rotatable bonds is 30. The number of carbonyl (C=O) groups excluding carboxylic acids is 4. The summed E-state index contributed by atoms with van der Waals surface area (Å²) in [4.78, 5) is 148. The van der Waals surface area contributed by atoms with Crippen molar-refractivity contribution in [2.24, 2.45) is 0 Å². The minimum absolute atomic E-state index is 0.239. The van der Waals surface area contributed by atoms with Crippen molar-refractivity contribution in [3.05, 3.63) is 306 Å². The van der Waals surface area contributed by atoms with Crippen LogP contribution >= 0.6 is 18.1 Å². The molecule has 9 heterocycles. The summed E-state index contributed by atoms with van der Waals surface area (Å²) in [6.45, 7) is 18.0. The van der Waals surface area contributed by atoms with Gasteiger partial charge in [0.15, 0.2) is 65.1 Å². The van der Waals surface area contributed by atoms with Crippen molar-refractivity contribution in [2.45, 2.75) is 275 Å². The van der Waals surface area contributed by atoms with Gasteiger partial charge >= 0.3 is 53.5 Å². The van der Waals surface area contributed by atoms with Gasteiger partial charge in [0.25, 0.3) is 22.2 Å². The fourth-order valence-corrected chi connectivity index (χ4v) is 17.9. The molecule has 0 aliphatic carbocycles. The van der Waals surface area contributed by atoms with Gasteiger partial charge in [0.1, 0.15) is 60.6 Å². The molecule has 5 saturated heterocycles. The molecule has 5 aliphatic heterocycles. The molecule has 0 amide bonds. The van der Waals surface area contributed by atoms with E-state index in [1.165, 1.54) is 69.1 Å². The Kier molecular flexibility index (Phi) is 42.9. The number of benzene rings is 5. The lowest BCUT2D eigenvalue weighted by molar-refractivity contribution is -0.199. The molecule has 43 heteroatoms. The summed E-state index contributed by atoms with van der Waals surface area (Å²) in [5.74, 6) is 20.5. The second-order valence-corrected chi connectivity index (χ2v) is 36.5. The van der Waals surface area contributed by atoms with Crippen LogP contribution in [0.15, 0.2) is 239 Å². The molecular formula is C104H119ClN9O32P. The number of ether oxygens (including phenoxy) is 13. The lowest BCUT2D eigenvalue weighted by atomic mass is 9.92. The van der Waals surface area contributed by atoms with E-state index in [0.29, 0.717) is 31.4 Å². The summed E-state index contributed by atoms with van der Waals surface area (Å²) in [5.41, 5.74) is -7.48. The molecule has 0 bridgehead atoms. The number of aliphatic hydroxyl groups is 5. The predicted octanol–water partition coefficient (Wildman–Crippen LogP) is 6.82. The van der Waals surface area contributed by atoms with Crippen LogP contribution in [0.3, 0.4) is 0 Å². The summed E-state index contributed by atoms with van der Waals surface area (Å²) < 4.78 is 96.1. The molecule has 41 nitrogen and oxygen atoms in total. The molecule has 14 rings (SSSR count). The fourth-order valence-electron chi connectivity index (χ4n) is 16.2. The number of hydrogen-bond donors (Lipinski definition) is 10. The second-order valence-electron chi connectivity index (χ2n) is 33.8. The maximum Gasteiger partial charge on any atom is 0.409 e. The molecule has 0 radical (unpaired) electrons. The van der Waals surface area contributed by atoms with E-state index in [9.17, 15) is 87.6 Å². The SMILES string of the molecule is C#C[C@]1(CC)O[C@@H](n2ccc(=O)[nH]c2=O)[C@@H](O)C1OCc1ccccc1.C#C[C@]1(CO)O[C@@H](n2ccc(=O)[nH]c2=O)[C@@H](O)C1O.CC#C[C@]1(CC)OC(OC(C)=O)[C@@H](OC(C)=O)C1OCc1ccccc1.CC#C[C@]1(CC)O[C@@H](n2ccc(=O)[nH]c2=O)[C@@H](O)C1OCc1ccccc1.CC#C[C@]1(CC)O[C@@H](n2ccc(=O)[nH]c2=O)[C@@H](OC(C)=O)C1OCc1ccccc1.CC(C)OC(=O)[C@H](C)NP(=O)(Cl)Oc1ccccc1. The number of nitrogens with one attached hydrogen (secondary N) is 5. The van der Waals surface area contributed by atoms with Crippen molar-refractivity contribution in [2.75, 3.05) is 6.61 Å². The Bertz CT molecular complexity index is 6780. The van der Waals surface area contributed by atoms with Gasteiger partial charge in [0.2, 0.25) is 6.29 Å². The van der Waals surface area contributed by atoms with Crippen LogP contribution in [0.2, 0.25) is 0 Å². The molecule has 10 N–H and O–H groups in total. The lowest BCUT2D eigenvalue weighted by Crippen LogP contribution is -2.45. The lowest BCUT2D eigenvalue weighted by Gasteiger charge is -2.29. The van der Waals surface area contributed by atoms with Crippen molar-refractivity contribution in [1.29, 1.82) is 0 Å². The fraction of sp³-hybridized carbons (Fsp3) is 0.423. The zero-order valence-corrected chi connectivity index (χ0v) is 84.4. The first kappa shape index (κ1) is 117. The minimum Gasteiger partial charge on any atom is -0.462 e. The van der Waals surface area contributed by atoms with E-state index in [1.807, 2.05) is 154 Å². The van der Waals surface area contributed by atoms with Crippen LogP contribution in [-0.4, -0.2) is 202 Å². The summed E-state index contributed by atoms with van der Waals surface area (Å²) in [6.07, 6.45) is 1.57. The number of para-hydroxylation sites is 1. The van der Waals surface area contributed by atoms with Gasteiger partial charge in [0.05, 0.1) is 39.1 Å². The molecular weight excluding hydrogens is 1950 g/mol. The van der Waals surface area contributed by atoms with Crippen LogP contribution in [-0.2, 0) is 112 Å². The number of aliphatic hydroxyl groups excluding tert-OH is 5. The summed E-state index contributed by atoms with van der Waals surface area (Å²) in [5, 5.41) is 53.0. The van der Waals surface area contributed by atoms with Gasteiger partial charge in [-0.2, -0.15) is 0 Å². The van der Waals surface area contributed by atoms with E-state index < -0.39 is 209 Å². The Morgan fingerprint density at radius 3 is 1.05 bits per heavy atom. The quantitative estimate of drug-likeness (QED) is 0.00955. The van der Waals surface area contributed by atoms with Gasteiger partial charge in [0, 0.05) is 81.1 Å². The smallest absolute Gasteiger partial charge is 0.409 e. The van der Waals surface area contributed by atoms with E-state index in [0.717, 1.165) is 48.2 Å². The van der Waals surface area contributed by atoms with Crippen LogP contribution in [0.1, 0.15) is 163 Å². The number of carbonyl (C=O) groups is 4. The Labute approximate surface area is 849 Å². The number of nitrogens with zero attached hydrogens (tertiary/aromatic N) is 4. The third-order valence-electron chi connectivity index (χ3n) is 23.3. The average Bonchev–Trinajstić information content (AvgIpc) is 1.62. The highest BCUT2D eigenvalue weighted by atomic mass is 35.7. The molecule has 5 aliphatic rings. The standard InChI is InChI=1S/C22H24N2O6.C20H22N2O5.C20H24O6.C19H20N2O5.C12H17ClNO4P.C11H12N2O6/c1-4-12-22(5-2)19(28-14-16-9-7-6-8-10-16)18(29-15(3)25)20(30-22)24-13-11-17(26)23-21(24)27;1-3-11-20(4-2)17(26-13-14-8-6-5-7-9-14)16(24)18(27-20)22-12-10-15(23)21-19(22)25;1-5-12-20(6-2)18(23-13-16-10-8-7-9-11-16)17(24-14(3)21)19(26-20)25-15(4)22;1-3-19(4-2)16(25-12-13-8-6-5-7-9-13)15(23)17(26-19)21-11-10-14(22)20-18(21)24;1-9(2)17-12(15)10(3)14-19(13,16)18-11-7-5-4-6-8-11;1-2-11(5-14)8(17)7(16)9(19-11)13-4-3-6(15)12-10(13)18/h6-11,13,18-20H,5,14H2,1-3H3,(H,23,26,27);5-10,12,16-18,24H,4,13H2,1-2H3,(H,21,23,25);7-11,17-19H,6,13H2,1-4H3;1,5-11,15-17,23H,4,12H2,2H3,(H,20,22,24);4-10H,1-3H3,(H,14,16);1,3-4,7-9,14,16-17H,5H2,(H,12,15,18)/t18-,19?,20+,22-;16-,17?,18+,20-;17-,18?,19?,20-;15-,16?,17+,19+;10-,19?;7-,8?,9+,11+/m000000/s1. The molecule has 0 saturated carbocycles. The van der Waals surface area contributed by atoms with Gasteiger partial charge in [-0.3, -0.25) is 76.6 Å². The molecule has 22 atom stereocenters. The van der Waals surface area contributed by atoms with Crippen molar-refractivity contribution < 1.29 is 115 Å². The van der Waals surface area contributed by atoms with E-state index in [2.05, 4.69) is 67.4 Å². The van der Waals surface area contributed by atoms with E-state index in [4.69, 9.17) is 90.2 Å². The molecule has 0 spiro atoms. The number of aromatic nitrogens is 8. The molecule has 9 aromatic rings. The van der Waals surface area contributed by atoms with Gasteiger partial charge < -0.3 is 91.6 Å². The largest absolute Gasteiger partial charge is 0.462 e. The number of aromatic amines is 4. The maximum absolute atomic E-state index is 12.4. The molecule has 4 aromatic heterocycles. The van der Waals surface area contributed by atoms with Crippen LogP contribution in [0.4, 0.5) is 0 Å². The van der Waals surface area contributed by atoms with Crippen LogP contribution < -0.4 is 54.6 Å². The minimum atomic E-state index is -3.65. The Hall–Kier alpha value is -13.8. The molecule has 784 valence electrons. The number of esters is 4. The van der Waals surface area contributed by atoms with Gasteiger partial charge in [-0.1, -0.05) is 197 Å². The first-order chi connectivity index (χ1) is 70.1. The van der Waals surface area contributed by atoms with Crippen molar-refractivity contribution in [3.63, 3.8) is 0 Å². The second kappa shape index (κ2) is 54.1. The maximum atomic E-state index is 12.4. The predicted molar refractivity (Wildman–Crippen MR) is 532 cm³/mol. The molecule has 5 aromatic carbocycles. The van der Waals surface area contributed by atoms with Crippen LogP contribution in [0.25, 0.3) is 0 Å². The molecule has 7 unspecified atom stereocenters.